The summed E-state index contributed by atoms with van der Waals surface area (Å²) in [6.45, 7) is 0. The molecule has 2 aromatic rings. The number of carbonyl (C=O) groups excluding carboxylic acids is 3. The molecule has 33 heavy (non-hydrogen) atoms. The first kappa shape index (κ1) is 20.9. The number of phenolic OH excluding ortho intramolecular Hbond substituents is 1. The molecule has 0 spiro atoms. The van der Waals surface area contributed by atoms with E-state index in [9.17, 15) is 34.8 Å². The lowest BCUT2D eigenvalue weighted by molar-refractivity contribution is -0.149. The van der Waals surface area contributed by atoms with E-state index in [0.717, 1.165) is 0 Å². The van der Waals surface area contributed by atoms with Crippen LogP contribution in [0.5, 0.6) is 5.75 Å². The minimum absolute atomic E-state index is 0.000304. The largest absolute Gasteiger partial charge is 0.508 e. The summed E-state index contributed by atoms with van der Waals surface area (Å²) >= 11 is 0. The molecule has 1 heterocycles. The number of aliphatic hydroxyl groups is 3. The van der Waals surface area contributed by atoms with E-state index < -0.39 is 58.0 Å². The van der Waals surface area contributed by atoms with Crippen molar-refractivity contribution in [3.05, 3.63) is 52.6 Å². The van der Waals surface area contributed by atoms with E-state index in [1.54, 1.807) is 18.5 Å². The number of phenols is 1. The third-order valence-electron chi connectivity index (χ3n) is 6.89. The smallest absolute Gasteiger partial charge is 0.255 e. The number of nitrogens with two attached hydrogens (primary N) is 2. The van der Waals surface area contributed by atoms with Crippen LogP contribution in [-0.4, -0.2) is 59.5 Å². The van der Waals surface area contributed by atoms with Crippen molar-refractivity contribution in [2.45, 2.75) is 24.5 Å². The first-order chi connectivity index (χ1) is 15.6. The van der Waals surface area contributed by atoms with Crippen molar-refractivity contribution in [2.24, 2.45) is 23.3 Å². The molecule has 1 fully saturated rings. The van der Waals surface area contributed by atoms with Gasteiger partial charge in [0.2, 0.25) is 5.78 Å². The van der Waals surface area contributed by atoms with Crippen LogP contribution in [0.15, 0.2) is 41.4 Å². The highest BCUT2D eigenvalue weighted by molar-refractivity contribution is 6.24. The third-order valence-corrected chi connectivity index (χ3v) is 6.89. The Balaban J connectivity index is 1.74. The number of hydrogen-bond donors (Lipinski definition) is 7. The Labute approximate surface area is 186 Å². The number of aromatic amines is 1. The fraction of sp³-hybridized carbons (Fsp3) is 0.273. The van der Waals surface area contributed by atoms with Crippen molar-refractivity contribution in [1.82, 2.24) is 9.97 Å². The number of rotatable bonds is 2. The zero-order chi connectivity index (χ0) is 23.8. The second-order valence-corrected chi connectivity index (χ2v) is 8.50. The lowest BCUT2D eigenvalue weighted by Crippen LogP contribution is -2.65. The summed E-state index contributed by atoms with van der Waals surface area (Å²) < 4.78 is 0. The molecule has 1 aromatic heterocycles. The quantitative estimate of drug-likeness (QED) is 0.299. The molecule has 0 aliphatic heterocycles. The second kappa shape index (κ2) is 6.77. The van der Waals surface area contributed by atoms with Crippen molar-refractivity contribution in [2.75, 3.05) is 0 Å². The van der Waals surface area contributed by atoms with E-state index in [1.807, 2.05) is 0 Å². The minimum Gasteiger partial charge on any atom is -0.508 e. The molecule has 9 N–H and O–H groups in total. The van der Waals surface area contributed by atoms with Crippen LogP contribution in [-0.2, 0) is 20.8 Å². The molecule has 0 radical (unpaired) electrons. The second-order valence-electron chi connectivity index (χ2n) is 8.50. The van der Waals surface area contributed by atoms with Crippen molar-refractivity contribution >= 4 is 23.2 Å². The fourth-order valence-corrected chi connectivity index (χ4v) is 5.35. The average molecular weight is 452 g/mol. The zero-order valence-corrected chi connectivity index (χ0v) is 17.1. The van der Waals surface area contributed by atoms with Gasteiger partial charge in [-0.05, 0) is 36.5 Å². The highest BCUT2D eigenvalue weighted by atomic mass is 16.3. The number of amides is 1. The predicted octanol–water partition coefficient (Wildman–Crippen LogP) is -0.249. The molecule has 1 saturated carbocycles. The molecule has 0 bridgehead atoms. The zero-order valence-electron chi connectivity index (χ0n) is 17.1. The highest BCUT2D eigenvalue weighted by Crippen LogP contribution is 2.52. The summed E-state index contributed by atoms with van der Waals surface area (Å²) in [5.74, 6) is -6.89. The molecule has 1 amide bonds. The average Bonchev–Trinajstić information content (AvgIpc) is 3.29. The van der Waals surface area contributed by atoms with Crippen LogP contribution in [0.3, 0.4) is 0 Å². The molecule has 170 valence electrons. The Morgan fingerprint density at radius 2 is 1.94 bits per heavy atom. The van der Waals surface area contributed by atoms with Gasteiger partial charge in [0, 0.05) is 29.4 Å². The van der Waals surface area contributed by atoms with Crippen molar-refractivity contribution in [3.8, 4) is 17.1 Å². The molecule has 0 saturated heterocycles. The van der Waals surface area contributed by atoms with Crippen molar-refractivity contribution in [1.29, 1.82) is 0 Å². The Hall–Kier alpha value is -3.96. The van der Waals surface area contributed by atoms with Gasteiger partial charge in [-0.25, -0.2) is 4.98 Å². The van der Waals surface area contributed by atoms with Gasteiger partial charge in [-0.2, -0.15) is 0 Å². The third kappa shape index (κ3) is 2.57. The molecule has 3 aliphatic carbocycles. The SMILES string of the molecule is NC(=O)C1=C(O)[C@@]2(O)C(=O)C3=C(O)c4c(O)ccc(-c5ncc[nH]5)c4C[C@H]3C[C@H]2[C@@H](N)C1=O. The van der Waals surface area contributed by atoms with Gasteiger partial charge in [-0.15, -0.1) is 0 Å². The number of primary amides is 1. The van der Waals surface area contributed by atoms with Gasteiger partial charge in [-0.1, -0.05) is 0 Å². The number of hydrogen-bond acceptors (Lipinski definition) is 9. The lowest BCUT2D eigenvalue weighted by atomic mass is 9.57. The summed E-state index contributed by atoms with van der Waals surface area (Å²) in [5, 5.41) is 43.5. The number of fused-ring (bicyclic) bond motifs is 3. The van der Waals surface area contributed by atoms with E-state index in [4.69, 9.17) is 11.5 Å². The number of nitrogens with one attached hydrogen (secondary N) is 1. The summed E-state index contributed by atoms with van der Waals surface area (Å²) in [4.78, 5) is 45.0. The van der Waals surface area contributed by atoms with Gasteiger partial charge >= 0.3 is 0 Å². The van der Waals surface area contributed by atoms with E-state index >= 15 is 0 Å². The van der Waals surface area contributed by atoms with Gasteiger partial charge in [-0.3, -0.25) is 14.4 Å². The molecular weight excluding hydrogens is 432 g/mol. The lowest BCUT2D eigenvalue weighted by Gasteiger charge is -2.48. The molecule has 11 nitrogen and oxygen atoms in total. The maximum Gasteiger partial charge on any atom is 0.255 e. The molecule has 5 rings (SSSR count). The van der Waals surface area contributed by atoms with Crippen LogP contribution < -0.4 is 11.5 Å². The molecule has 11 heteroatoms. The number of nitrogens with zero attached hydrogens (tertiary/aromatic N) is 1. The summed E-state index contributed by atoms with van der Waals surface area (Å²) in [5.41, 5.74) is 8.41. The Kier molecular flexibility index (Phi) is 4.29. The number of H-pyrrole nitrogens is 1. The predicted molar refractivity (Wildman–Crippen MR) is 112 cm³/mol. The van der Waals surface area contributed by atoms with Gasteiger partial charge in [0.25, 0.3) is 5.91 Å². The Morgan fingerprint density at radius 1 is 1.21 bits per heavy atom. The van der Waals surface area contributed by atoms with Crippen molar-refractivity contribution < 1.29 is 34.8 Å². The van der Waals surface area contributed by atoms with Crippen LogP contribution in [0.1, 0.15) is 17.5 Å². The number of aliphatic hydroxyl groups excluding tert-OH is 2. The minimum atomic E-state index is -2.72. The maximum atomic E-state index is 13.5. The van der Waals surface area contributed by atoms with E-state index in [-0.39, 0.29) is 29.7 Å². The van der Waals surface area contributed by atoms with E-state index in [2.05, 4.69) is 9.97 Å². The number of aromatic nitrogens is 2. The van der Waals surface area contributed by atoms with Crippen molar-refractivity contribution in [3.63, 3.8) is 0 Å². The highest BCUT2D eigenvalue weighted by Gasteiger charge is 2.63. The van der Waals surface area contributed by atoms with E-state index in [0.29, 0.717) is 17.0 Å². The number of benzene rings is 1. The molecular formula is C22H20N4O7. The number of aromatic hydroxyl groups is 1. The molecule has 0 unspecified atom stereocenters. The van der Waals surface area contributed by atoms with Crippen LogP contribution in [0, 0.1) is 11.8 Å². The van der Waals surface area contributed by atoms with E-state index in [1.165, 1.54) is 6.07 Å². The summed E-state index contributed by atoms with van der Waals surface area (Å²) in [7, 11) is 0. The monoisotopic (exact) mass is 452 g/mol. The topological polar surface area (TPSA) is 213 Å². The Morgan fingerprint density at radius 3 is 2.58 bits per heavy atom. The normalized spacial score (nSPS) is 29.0. The van der Waals surface area contributed by atoms with Crippen LogP contribution in [0.25, 0.3) is 17.1 Å². The Bertz CT molecular complexity index is 1310. The van der Waals surface area contributed by atoms with Gasteiger partial charge < -0.3 is 36.9 Å². The first-order valence-corrected chi connectivity index (χ1v) is 10.2. The summed E-state index contributed by atoms with van der Waals surface area (Å²) in [6, 6.07) is 1.49. The number of carbonyl (C=O) groups is 3. The standard InChI is InChI=1S/C22H20N4O7/c23-15-10-6-7-5-9-8(21-25-3-4-26-21)1-2-11(27)13(9)16(28)12(7)18(30)22(10,33)19(31)14(17(15)29)20(24)32/h1-4,7,10,15,27-28,31,33H,5-6,23H2,(H2,24,32)(H,25,26)/t7-,10-,15+,22-/m0/s1. The van der Waals surface area contributed by atoms with Gasteiger partial charge in [0.1, 0.15) is 28.7 Å². The summed E-state index contributed by atoms with van der Waals surface area (Å²) in [6.07, 6.45) is 3.25. The maximum absolute atomic E-state index is 13.5. The van der Waals surface area contributed by atoms with Gasteiger partial charge in [0.15, 0.2) is 11.4 Å². The number of Topliss-reactive ketones (excluding diaryl/α,β-unsaturated/α-hetero) is 2. The molecule has 4 atom stereocenters. The van der Waals surface area contributed by atoms with Crippen LogP contribution in [0.4, 0.5) is 0 Å². The first-order valence-electron chi connectivity index (χ1n) is 10.2. The number of ketones is 2. The fourth-order valence-electron chi connectivity index (χ4n) is 5.35. The van der Waals surface area contributed by atoms with Crippen LogP contribution in [0.2, 0.25) is 0 Å². The molecule has 1 aromatic carbocycles. The van der Waals surface area contributed by atoms with Crippen LogP contribution >= 0.6 is 0 Å². The molecule has 3 aliphatic rings. The number of imidazole rings is 1. The van der Waals surface area contributed by atoms with Gasteiger partial charge in [0.05, 0.1) is 11.6 Å².